The molecular formula is C22H22F3N3O5S2. The minimum absolute atomic E-state index is 0.404. The van der Waals surface area contributed by atoms with Gasteiger partial charge < -0.3 is 10.1 Å². The van der Waals surface area contributed by atoms with E-state index in [0.29, 0.717) is 22.5 Å². The van der Waals surface area contributed by atoms with Crippen LogP contribution in [-0.2, 0) is 43.4 Å². The Balaban J connectivity index is 1.48. The highest BCUT2D eigenvalue weighted by molar-refractivity contribution is 7.89. The van der Waals surface area contributed by atoms with Crippen LogP contribution in [-0.4, -0.2) is 33.4 Å². The summed E-state index contributed by atoms with van der Waals surface area (Å²) in [5.74, 6) is -1.04. The number of hydrogen-bond acceptors (Lipinski definition) is 7. The summed E-state index contributed by atoms with van der Waals surface area (Å²) < 4.78 is 69.7. The van der Waals surface area contributed by atoms with Gasteiger partial charge in [0, 0.05) is 11.4 Å². The number of esters is 1. The number of carbonyl (C=O) groups is 2. The number of nitrogens with one attached hydrogen (secondary N) is 2. The molecule has 188 valence electrons. The van der Waals surface area contributed by atoms with Gasteiger partial charge in [-0.1, -0.05) is 13.0 Å². The van der Waals surface area contributed by atoms with E-state index in [2.05, 4.69) is 18.3 Å². The standard InChI is InChI=1S/C22H22F3N3O5S2/c1-13-5-6-16-17(11-26)21(34-18(16)9-13)28-19(29)12-33-20(30)7-8-27-35(31,32)15-4-2-3-14(10-15)22(23,24)25/h2-4,10,13,27H,5-9,12H2,1H3,(H,28,29). The predicted molar refractivity (Wildman–Crippen MR) is 121 cm³/mol. The van der Waals surface area contributed by atoms with Crippen molar-refractivity contribution >= 4 is 38.2 Å². The summed E-state index contributed by atoms with van der Waals surface area (Å²) >= 11 is 1.33. The molecule has 1 aliphatic rings. The van der Waals surface area contributed by atoms with Gasteiger partial charge >= 0.3 is 12.1 Å². The van der Waals surface area contributed by atoms with E-state index in [0.717, 1.165) is 47.9 Å². The molecule has 13 heteroatoms. The molecule has 1 atom stereocenters. The van der Waals surface area contributed by atoms with Crippen molar-refractivity contribution in [1.29, 1.82) is 5.26 Å². The van der Waals surface area contributed by atoms with E-state index < -0.39 is 58.1 Å². The summed E-state index contributed by atoms with van der Waals surface area (Å²) in [6.07, 6.45) is -2.60. The maximum Gasteiger partial charge on any atom is 0.416 e. The van der Waals surface area contributed by atoms with Crippen LogP contribution in [0, 0.1) is 17.2 Å². The third-order valence-electron chi connectivity index (χ3n) is 5.33. The number of alkyl halides is 3. The molecule has 8 nitrogen and oxygen atoms in total. The maximum absolute atomic E-state index is 12.8. The van der Waals surface area contributed by atoms with E-state index in [1.807, 2.05) is 4.72 Å². The van der Waals surface area contributed by atoms with Crippen molar-refractivity contribution < 1.29 is 35.9 Å². The van der Waals surface area contributed by atoms with Gasteiger partial charge in [-0.3, -0.25) is 9.59 Å². The fraction of sp³-hybridized carbons (Fsp3) is 0.409. The molecule has 1 aliphatic carbocycles. The molecule has 0 radical (unpaired) electrons. The van der Waals surface area contributed by atoms with E-state index in [4.69, 9.17) is 4.74 Å². The molecule has 1 heterocycles. The average Bonchev–Trinajstić information content (AvgIpc) is 3.12. The first-order valence-corrected chi connectivity index (χ1v) is 12.9. The quantitative estimate of drug-likeness (QED) is 0.504. The molecule has 1 unspecified atom stereocenters. The van der Waals surface area contributed by atoms with Crippen molar-refractivity contribution in [3.05, 3.63) is 45.8 Å². The highest BCUT2D eigenvalue weighted by atomic mass is 32.2. The number of rotatable bonds is 8. The number of nitrogens with zero attached hydrogens (tertiary/aromatic N) is 1. The first-order valence-electron chi connectivity index (χ1n) is 10.6. The molecule has 0 bridgehead atoms. The lowest BCUT2D eigenvalue weighted by Crippen LogP contribution is -2.28. The van der Waals surface area contributed by atoms with E-state index in [1.54, 1.807) is 0 Å². The molecule has 0 aliphatic heterocycles. The van der Waals surface area contributed by atoms with Gasteiger partial charge in [0.1, 0.15) is 11.1 Å². The van der Waals surface area contributed by atoms with E-state index >= 15 is 0 Å². The number of sulfonamides is 1. The summed E-state index contributed by atoms with van der Waals surface area (Å²) in [4.78, 5) is 24.5. The number of thiophene rings is 1. The second kappa shape index (κ2) is 10.8. The number of hydrogen-bond donors (Lipinski definition) is 2. The Bertz CT molecular complexity index is 1270. The first kappa shape index (κ1) is 26.7. The molecular weight excluding hydrogens is 507 g/mol. The van der Waals surface area contributed by atoms with Crippen molar-refractivity contribution in [3.8, 4) is 6.07 Å². The molecule has 2 N–H and O–H groups in total. The molecule has 0 saturated carbocycles. The van der Waals surface area contributed by atoms with E-state index in [1.165, 1.54) is 11.3 Å². The molecule has 35 heavy (non-hydrogen) atoms. The van der Waals surface area contributed by atoms with Crippen LogP contribution in [0.1, 0.15) is 41.3 Å². The number of nitriles is 1. The third-order valence-corrected chi connectivity index (χ3v) is 7.96. The molecule has 1 aromatic carbocycles. The van der Waals surface area contributed by atoms with Crippen LogP contribution in [0.4, 0.5) is 18.2 Å². The monoisotopic (exact) mass is 529 g/mol. The Morgan fingerprint density at radius 3 is 2.74 bits per heavy atom. The highest BCUT2D eigenvalue weighted by Gasteiger charge is 2.31. The van der Waals surface area contributed by atoms with Crippen LogP contribution >= 0.6 is 11.3 Å². The predicted octanol–water partition coefficient (Wildman–Crippen LogP) is 3.61. The Hall–Kier alpha value is -2.95. The SMILES string of the molecule is CC1CCc2c(sc(NC(=O)COC(=O)CCNS(=O)(=O)c3cccc(C(F)(F)F)c3)c2C#N)C1. The Labute approximate surface area is 204 Å². The Morgan fingerprint density at radius 1 is 1.31 bits per heavy atom. The number of ether oxygens (including phenoxy) is 1. The maximum atomic E-state index is 12.8. The number of amides is 1. The van der Waals surface area contributed by atoms with Gasteiger partial charge in [0.15, 0.2) is 6.61 Å². The molecule has 1 aromatic heterocycles. The molecule has 3 rings (SSSR count). The topological polar surface area (TPSA) is 125 Å². The van der Waals surface area contributed by atoms with Crippen molar-refractivity contribution in [1.82, 2.24) is 4.72 Å². The fourth-order valence-corrected chi connectivity index (χ4v) is 6.00. The summed E-state index contributed by atoms with van der Waals surface area (Å²) in [5.41, 5.74) is 0.239. The third kappa shape index (κ3) is 6.81. The van der Waals surface area contributed by atoms with Crippen molar-refractivity contribution in [3.63, 3.8) is 0 Å². The number of carbonyl (C=O) groups excluding carboxylic acids is 2. The molecule has 2 aromatic rings. The highest BCUT2D eigenvalue weighted by Crippen LogP contribution is 2.39. The number of halogens is 3. The minimum Gasteiger partial charge on any atom is -0.456 e. The van der Waals surface area contributed by atoms with E-state index in [9.17, 15) is 36.4 Å². The second-order valence-electron chi connectivity index (χ2n) is 8.05. The normalized spacial score (nSPS) is 15.7. The smallest absolute Gasteiger partial charge is 0.416 e. The van der Waals surface area contributed by atoms with Gasteiger partial charge in [0.25, 0.3) is 5.91 Å². The van der Waals surface area contributed by atoms with Gasteiger partial charge in [-0.2, -0.15) is 18.4 Å². The van der Waals surface area contributed by atoms with Gasteiger partial charge in [0.2, 0.25) is 10.0 Å². The van der Waals surface area contributed by atoms with Crippen LogP contribution in [0.15, 0.2) is 29.2 Å². The first-order chi connectivity index (χ1) is 16.4. The molecule has 0 fully saturated rings. The lowest BCUT2D eigenvalue weighted by atomic mass is 9.89. The molecule has 1 amide bonds. The summed E-state index contributed by atoms with van der Waals surface area (Å²) in [6, 6.07) is 5.31. The summed E-state index contributed by atoms with van der Waals surface area (Å²) in [7, 11) is -4.29. The van der Waals surface area contributed by atoms with Gasteiger partial charge in [-0.05, 0) is 48.9 Å². The van der Waals surface area contributed by atoms with E-state index in [-0.39, 0.29) is 0 Å². The lowest BCUT2D eigenvalue weighted by molar-refractivity contribution is -0.147. The van der Waals surface area contributed by atoms with Gasteiger partial charge in [-0.25, -0.2) is 13.1 Å². The van der Waals surface area contributed by atoms with Crippen LogP contribution in [0.5, 0.6) is 0 Å². The Kier molecular flexibility index (Phi) is 8.19. The number of benzene rings is 1. The zero-order valence-corrected chi connectivity index (χ0v) is 20.2. The van der Waals surface area contributed by atoms with Crippen LogP contribution in [0.2, 0.25) is 0 Å². The average molecular weight is 530 g/mol. The van der Waals surface area contributed by atoms with Crippen molar-refractivity contribution in [2.75, 3.05) is 18.5 Å². The summed E-state index contributed by atoms with van der Waals surface area (Å²) in [5, 5.41) is 12.5. The van der Waals surface area contributed by atoms with Crippen LogP contribution < -0.4 is 10.0 Å². The number of fused-ring (bicyclic) bond motifs is 1. The Morgan fingerprint density at radius 2 is 2.06 bits per heavy atom. The van der Waals surface area contributed by atoms with Crippen molar-refractivity contribution in [2.24, 2.45) is 5.92 Å². The van der Waals surface area contributed by atoms with Gasteiger partial charge in [-0.15, -0.1) is 11.3 Å². The second-order valence-corrected chi connectivity index (χ2v) is 10.9. The van der Waals surface area contributed by atoms with Crippen molar-refractivity contribution in [2.45, 2.75) is 43.7 Å². The molecule has 0 spiro atoms. The van der Waals surface area contributed by atoms with Gasteiger partial charge in [0.05, 0.1) is 22.4 Å². The van der Waals surface area contributed by atoms with Crippen LogP contribution in [0.3, 0.4) is 0 Å². The summed E-state index contributed by atoms with van der Waals surface area (Å²) in [6.45, 7) is 1.04. The van der Waals surface area contributed by atoms with Crippen LogP contribution in [0.25, 0.3) is 0 Å². The molecule has 0 saturated heterocycles. The number of anilines is 1. The zero-order chi connectivity index (χ0) is 25.8. The largest absolute Gasteiger partial charge is 0.456 e. The lowest BCUT2D eigenvalue weighted by Gasteiger charge is -2.17. The minimum atomic E-state index is -4.70. The zero-order valence-electron chi connectivity index (χ0n) is 18.6. The fourth-order valence-electron chi connectivity index (χ4n) is 3.55.